The van der Waals surface area contributed by atoms with E-state index in [1.165, 1.54) is 51.4 Å². The van der Waals surface area contributed by atoms with Crippen LogP contribution in [-0.4, -0.2) is 6.10 Å². The number of ether oxygens (including phenoxy) is 1. The molecule has 0 aromatic heterocycles. The van der Waals surface area contributed by atoms with Crippen LogP contribution in [0.4, 0.5) is 0 Å². The molecule has 7 unspecified atom stereocenters. The summed E-state index contributed by atoms with van der Waals surface area (Å²) in [4.78, 5) is 0. The van der Waals surface area contributed by atoms with Gasteiger partial charge in [0.05, 0.1) is 6.26 Å². The summed E-state index contributed by atoms with van der Waals surface area (Å²) in [5.74, 6) is 5.72. The van der Waals surface area contributed by atoms with Crippen LogP contribution in [0.2, 0.25) is 0 Å². The van der Waals surface area contributed by atoms with Gasteiger partial charge >= 0.3 is 0 Å². The van der Waals surface area contributed by atoms with Crippen molar-refractivity contribution >= 4 is 0 Å². The molecule has 0 radical (unpaired) electrons. The van der Waals surface area contributed by atoms with Gasteiger partial charge in [-0.15, -0.1) is 0 Å². The van der Waals surface area contributed by atoms with Gasteiger partial charge in [-0.2, -0.15) is 0 Å². The van der Waals surface area contributed by atoms with Crippen molar-refractivity contribution in [1.82, 2.24) is 0 Å². The fourth-order valence-corrected chi connectivity index (χ4v) is 6.95. The number of allylic oxidation sites excluding steroid dienone is 2. The molecule has 1 aliphatic heterocycles. The predicted molar refractivity (Wildman–Crippen MR) is 84.6 cm³/mol. The quantitative estimate of drug-likeness (QED) is 0.602. The smallest absolute Gasteiger partial charge is 0.122 e. The molecule has 0 aromatic carbocycles. The molecule has 1 heterocycles. The van der Waals surface area contributed by atoms with E-state index in [4.69, 9.17) is 4.74 Å². The highest BCUT2D eigenvalue weighted by Crippen LogP contribution is 2.62. The van der Waals surface area contributed by atoms with Crippen molar-refractivity contribution in [3.63, 3.8) is 0 Å². The first-order valence-corrected chi connectivity index (χ1v) is 9.45. The summed E-state index contributed by atoms with van der Waals surface area (Å²) in [5.41, 5.74) is 1.71. The van der Waals surface area contributed by atoms with Crippen molar-refractivity contribution in [3.05, 3.63) is 24.0 Å². The lowest BCUT2D eigenvalue weighted by Crippen LogP contribution is -2.47. The first-order chi connectivity index (χ1) is 10.4. The number of fused-ring (bicyclic) bond motifs is 8. The van der Waals surface area contributed by atoms with E-state index in [1.54, 1.807) is 12.0 Å². The van der Waals surface area contributed by atoms with Gasteiger partial charge in [0.2, 0.25) is 0 Å². The Labute approximate surface area is 128 Å². The van der Waals surface area contributed by atoms with Crippen LogP contribution in [0, 0.1) is 35.5 Å². The minimum Gasteiger partial charge on any atom is -0.493 e. The zero-order valence-corrected chi connectivity index (χ0v) is 13.0. The van der Waals surface area contributed by atoms with E-state index in [0.717, 1.165) is 35.5 Å². The average Bonchev–Trinajstić information content (AvgIpc) is 2.95. The molecule has 0 saturated heterocycles. The van der Waals surface area contributed by atoms with Gasteiger partial charge in [0.25, 0.3) is 0 Å². The van der Waals surface area contributed by atoms with E-state index in [2.05, 4.69) is 12.2 Å². The Morgan fingerprint density at radius 3 is 2.48 bits per heavy atom. The molecular weight excluding hydrogens is 256 g/mol. The Kier molecular flexibility index (Phi) is 2.98. The van der Waals surface area contributed by atoms with Crippen molar-refractivity contribution in [3.8, 4) is 0 Å². The topological polar surface area (TPSA) is 9.23 Å². The summed E-state index contributed by atoms with van der Waals surface area (Å²) in [7, 11) is 0. The minimum atomic E-state index is 0.447. The Hall–Kier alpha value is -0.720. The maximum Gasteiger partial charge on any atom is 0.122 e. The lowest BCUT2D eigenvalue weighted by atomic mass is 9.57. The van der Waals surface area contributed by atoms with Crippen molar-refractivity contribution in [2.45, 2.75) is 63.9 Å². The van der Waals surface area contributed by atoms with Crippen LogP contribution in [0.25, 0.3) is 0 Å². The van der Waals surface area contributed by atoms with Crippen LogP contribution >= 0.6 is 0 Å². The second-order valence-electron chi connectivity index (χ2n) is 8.30. The average molecular weight is 284 g/mol. The molecule has 5 rings (SSSR count). The van der Waals surface area contributed by atoms with Crippen molar-refractivity contribution < 1.29 is 4.74 Å². The molecule has 5 aliphatic rings. The summed E-state index contributed by atoms with van der Waals surface area (Å²) in [6, 6.07) is 0. The summed E-state index contributed by atoms with van der Waals surface area (Å²) < 4.78 is 6.19. The molecule has 114 valence electrons. The molecule has 1 heteroatoms. The molecule has 0 spiro atoms. The Bertz CT molecular complexity index is 476. The molecule has 4 fully saturated rings. The minimum absolute atomic E-state index is 0.447. The molecule has 1 nitrogen and oxygen atoms in total. The Morgan fingerprint density at radius 2 is 1.57 bits per heavy atom. The molecule has 4 aliphatic carbocycles. The van der Waals surface area contributed by atoms with Gasteiger partial charge in [0, 0.05) is 5.92 Å². The zero-order chi connectivity index (χ0) is 13.8. The molecule has 21 heavy (non-hydrogen) atoms. The lowest BCUT2D eigenvalue weighted by molar-refractivity contribution is -0.0166. The first kappa shape index (κ1) is 12.8. The van der Waals surface area contributed by atoms with Crippen molar-refractivity contribution in [1.29, 1.82) is 0 Å². The number of rotatable bonds is 0. The maximum atomic E-state index is 6.19. The van der Waals surface area contributed by atoms with E-state index < -0.39 is 0 Å². The van der Waals surface area contributed by atoms with Gasteiger partial charge < -0.3 is 4.74 Å². The van der Waals surface area contributed by atoms with Crippen LogP contribution in [0.5, 0.6) is 0 Å². The van der Waals surface area contributed by atoms with Gasteiger partial charge in [0.1, 0.15) is 6.10 Å². The van der Waals surface area contributed by atoms with E-state index in [9.17, 15) is 0 Å². The number of hydrogen-bond donors (Lipinski definition) is 0. The highest BCUT2D eigenvalue weighted by molar-refractivity contribution is 5.30. The standard InChI is InChI=1S/C20H28O/c1-2-7-14-13(6-1)12-18-15-8-3-4-9-16(15)20-17(19(14)18)10-5-11-21-20/h5,10-11,13-16,18-20H,1-4,6-9,12H2. The predicted octanol–water partition coefficient (Wildman–Crippen LogP) is 5.09. The third-order valence-corrected chi connectivity index (χ3v) is 7.58. The van der Waals surface area contributed by atoms with Gasteiger partial charge in [0.15, 0.2) is 0 Å². The Balaban J connectivity index is 1.56. The van der Waals surface area contributed by atoms with Crippen LogP contribution in [0.15, 0.2) is 24.0 Å². The van der Waals surface area contributed by atoms with E-state index in [0.29, 0.717) is 6.10 Å². The second-order valence-corrected chi connectivity index (χ2v) is 8.30. The summed E-state index contributed by atoms with van der Waals surface area (Å²) in [5, 5.41) is 0. The molecule has 0 amide bonds. The number of hydrogen-bond acceptors (Lipinski definition) is 1. The first-order valence-electron chi connectivity index (χ1n) is 9.45. The summed E-state index contributed by atoms with van der Waals surface area (Å²) in [6.07, 6.45) is 20.4. The van der Waals surface area contributed by atoms with Gasteiger partial charge in [-0.1, -0.05) is 38.2 Å². The second kappa shape index (κ2) is 4.89. The van der Waals surface area contributed by atoms with Crippen LogP contribution in [0.3, 0.4) is 0 Å². The van der Waals surface area contributed by atoms with E-state index in [1.807, 2.05) is 6.26 Å². The fraction of sp³-hybridized carbons (Fsp3) is 0.800. The molecule has 0 aromatic rings. The third kappa shape index (κ3) is 1.82. The largest absolute Gasteiger partial charge is 0.493 e. The molecule has 4 saturated carbocycles. The summed E-state index contributed by atoms with van der Waals surface area (Å²) >= 11 is 0. The molecule has 7 atom stereocenters. The molecule has 0 bridgehead atoms. The van der Waals surface area contributed by atoms with Crippen molar-refractivity contribution in [2.75, 3.05) is 0 Å². The van der Waals surface area contributed by atoms with Gasteiger partial charge in [-0.3, -0.25) is 0 Å². The van der Waals surface area contributed by atoms with E-state index in [-0.39, 0.29) is 0 Å². The highest BCUT2D eigenvalue weighted by Gasteiger charge is 2.56. The zero-order valence-electron chi connectivity index (χ0n) is 13.0. The summed E-state index contributed by atoms with van der Waals surface area (Å²) in [6.45, 7) is 0. The lowest BCUT2D eigenvalue weighted by Gasteiger charge is -2.50. The van der Waals surface area contributed by atoms with Crippen molar-refractivity contribution in [2.24, 2.45) is 35.5 Å². The van der Waals surface area contributed by atoms with Gasteiger partial charge in [-0.25, -0.2) is 0 Å². The van der Waals surface area contributed by atoms with Crippen LogP contribution in [0.1, 0.15) is 57.8 Å². The van der Waals surface area contributed by atoms with Crippen LogP contribution in [-0.2, 0) is 4.74 Å². The molecular formula is C20H28O. The molecule has 0 N–H and O–H groups in total. The normalized spacial score (nSPS) is 51.0. The van der Waals surface area contributed by atoms with Crippen LogP contribution < -0.4 is 0 Å². The van der Waals surface area contributed by atoms with Gasteiger partial charge in [-0.05, 0) is 66.9 Å². The monoisotopic (exact) mass is 284 g/mol. The third-order valence-electron chi connectivity index (χ3n) is 7.58. The Morgan fingerprint density at radius 1 is 0.810 bits per heavy atom. The maximum absolute atomic E-state index is 6.19. The highest BCUT2D eigenvalue weighted by atomic mass is 16.5. The SMILES string of the molecule is C1=COC2C(=C1)C1C3CCCCC3CC1C1CCCCC21. The fourth-order valence-electron chi connectivity index (χ4n) is 6.95. The van der Waals surface area contributed by atoms with E-state index >= 15 is 0 Å².